The number of aromatic amines is 1. The van der Waals surface area contributed by atoms with Crippen LogP contribution >= 0.6 is 0 Å². The number of quaternary nitrogens is 2. The van der Waals surface area contributed by atoms with E-state index in [4.69, 9.17) is 0 Å². The summed E-state index contributed by atoms with van der Waals surface area (Å²) in [5, 5.41) is 3.48. The predicted molar refractivity (Wildman–Crippen MR) is 121 cm³/mol. The van der Waals surface area contributed by atoms with Crippen LogP contribution in [0.15, 0.2) is 60.8 Å². The van der Waals surface area contributed by atoms with Gasteiger partial charge in [-0.2, -0.15) is 0 Å². The summed E-state index contributed by atoms with van der Waals surface area (Å²) in [5.41, 5.74) is 3.75. The summed E-state index contributed by atoms with van der Waals surface area (Å²) in [5.74, 6) is 0.509. The molecule has 0 radical (unpaired) electrons. The van der Waals surface area contributed by atoms with Gasteiger partial charge in [0.1, 0.15) is 0 Å². The molecule has 1 fully saturated rings. The van der Waals surface area contributed by atoms with Crippen LogP contribution in [-0.2, 0) is 4.79 Å². The smallest absolute Gasteiger partial charge is 0.280 e. The summed E-state index contributed by atoms with van der Waals surface area (Å²) in [6.45, 7) is 10.2. The number of H-pyrrole nitrogens is 1. The maximum atomic E-state index is 13.0. The summed E-state index contributed by atoms with van der Waals surface area (Å²) in [7, 11) is 0. The lowest BCUT2D eigenvalue weighted by molar-refractivity contribution is -0.902. The van der Waals surface area contributed by atoms with Gasteiger partial charge < -0.3 is 20.1 Å². The summed E-state index contributed by atoms with van der Waals surface area (Å²) in [4.78, 5) is 20.1. The number of benzene rings is 2. The number of carbonyl (C=O) groups excluding carboxylic acids is 1. The molecule has 5 nitrogen and oxygen atoms in total. The molecule has 0 aliphatic carbocycles. The number of likely N-dealkylation sites (N-methyl/N-ethyl adjacent to an activating group) is 1. The number of hydrogen-bond acceptors (Lipinski definition) is 1. The molecule has 2 aromatic carbocycles. The molecule has 2 atom stereocenters. The van der Waals surface area contributed by atoms with E-state index in [-0.39, 0.29) is 17.9 Å². The molecule has 3 aromatic rings. The maximum Gasteiger partial charge on any atom is 0.280 e. The van der Waals surface area contributed by atoms with Gasteiger partial charge in [-0.3, -0.25) is 4.79 Å². The van der Waals surface area contributed by atoms with Gasteiger partial charge in [0.05, 0.1) is 45.2 Å². The van der Waals surface area contributed by atoms with Gasteiger partial charge in [0, 0.05) is 17.1 Å². The van der Waals surface area contributed by atoms with Gasteiger partial charge >= 0.3 is 0 Å². The number of rotatable bonds is 7. The highest BCUT2D eigenvalue weighted by Gasteiger charge is 2.29. The number of nitrogens with two attached hydrogens (primary N) is 1. The second kappa shape index (κ2) is 9.45. The molecule has 1 aliphatic rings. The number of amides is 1. The van der Waals surface area contributed by atoms with E-state index in [1.165, 1.54) is 16.5 Å². The average Bonchev–Trinajstić information content (AvgIpc) is 3.23. The standard InChI is InChI=1S/C25H32N4O/c1-3-28-13-15-29(16-14-28)25(30)19(2)26-17-22(20-9-5-4-6-10-20)23-18-27-24-12-8-7-11-21(23)24/h4-12,18-19,22,26-27H,3,13-17H2,1-2H3/p+2/t19-,22+/m0/s1. The van der Waals surface area contributed by atoms with Crippen LogP contribution in [0, 0.1) is 0 Å². The molecule has 0 unspecified atom stereocenters. The lowest BCUT2D eigenvalue weighted by atomic mass is 9.90. The fourth-order valence-corrected chi connectivity index (χ4v) is 4.64. The zero-order valence-electron chi connectivity index (χ0n) is 18.1. The molecule has 0 saturated carbocycles. The number of nitrogens with one attached hydrogen (secondary N) is 2. The number of nitrogens with zero attached hydrogens (tertiary/aromatic N) is 1. The van der Waals surface area contributed by atoms with Crippen LogP contribution in [0.2, 0.25) is 0 Å². The molecule has 0 spiro atoms. The summed E-state index contributed by atoms with van der Waals surface area (Å²) in [6.07, 6.45) is 2.13. The van der Waals surface area contributed by atoms with Gasteiger partial charge in [-0.05, 0) is 31.0 Å². The molecule has 2 heterocycles. The maximum absolute atomic E-state index is 13.0. The lowest BCUT2D eigenvalue weighted by Gasteiger charge is -2.32. The predicted octanol–water partition coefficient (Wildman–Crippen LogP) is 0.999. The summed E-state index contributed by atoms with van der Waals surface area (Å²) in [6, 6.07) is 19.0. The fourth-order valence-electron chi connectivity index (χ4n) is 4.64. The molecule has 5 heteroatoms. The number of hydrogen-bond donors (Lipinski definition) is 3. The highest BCUT2D eigenvalue weighted by Crippen LogP contribution is 2.29. The Morgan fingerprint density at radius 1 is 1.10 bits per heavy atom. The first kappa shape index (κ1) is 20.6. The third-order valence-corrected chi connectivity index (χ3v) is 6.60. The van der Waals surface area contributed by atoms with Crippen molar-refractivity contribution >= 4 is 16.8 Å². The van der Waals surface area contributed by atoms with Gasteiger partial charge in [-0.25, -0.2) is 0 Å². The first-order valence-electron chi connectivity index (χ1n) is 11.2. The van der Waals surface area contributed by atoms with E-state index in [0.29, 0.717) is 0 Å². The van der Waals surface area contributed by atoms with Crippen LogP contribution in [0.1, 0.15) is 30.9 Å². The Labute approximate surface area is 179 Å². The van der Waals surface area contributed by atoms with Gasteiger partial charge in [0.25, 0.3) is 5.91 Å². The van der Waals surface area contributed by atoms with Crippen molar-refractivity contribution in [3.63, 3.8) is 0 Å². The molecule has 4 N–H and O–H groups in total. The number of piperazine rings is 1. The Kier molecular flexibility index (Phi) is 6.50. The first-order valence-corrected chi connectivity index (χ1v) is 11.2. The minimum atomic E-state index is -0.0652. The van der Waals surface area contributed by atoms with Crippen LogP contribution < -0.4 is 10.2 Å². The van der Waals surface area contributed by atoms with Crippen LogP contribution in [0.3, 0.4) is 0 Å². The SMILES string of the molecule is CC[NH+]1CCN(C(=O)[C@H](C)[NH2+]C[C@H](c2ccccc2)c2c[nH]c3ccccc23)CC1. The van der Waals surface area contributed by atoms with Crippen molar-refractivity contribution in [2.45, 2.75) is 25.8 Å². The normalized spacial score (nSPS) is 17.2. The van der Waals surface area contributed by atoms with Crippen molar-refractivity contribution in [3.05, 3.63) is 71.9 Å². The molecular weight excluding hydrogens is 372 g/mol. The molecule has 158 valence electrons. The highest BCUT2D eigenvalue weighted by molar-refractivity contribution is 5.84. The Hall–Kier alpha value is -2.63. The Morgan fingerprint density at radius 3 is 2.53 bits per heavy atom. The van der Waals surface area contributed by atoms with Gasteiger partial charge in [-0.15, -0.1) is 0 Å². The molecular formula is C25H34N4O+2. The van der Waals surface area contributed by atoms with Crippen molar-refractivity contribution < 1.29 is 15.0 Å². The van der Waals surface area contributed by atoms with E-state index in [1.807, 2.05) is 0 Å². The molecule has 1 aromatic heterocycles. The van der Waals surface area contributed by atoms with Gasteiger partial charge in [0.2, 0.25) is 0 Å². The quantitative estimate of drug-likeness (QED) is 0.539. The number of fused-ring (bicyclic) bond motifs is 1. The van der Waals surface area contributed by atoms with Crippen LogP contribution in [0.4, 0.5) is 0 Å². The molecule has 1 amide bonds. The largest absolute Gasteiger partial charge is 0.361 e. The lowest BCUT2D eigenvalue weighted by Crippen LogP contribution is -3.14. The monoisotopic (exact) mass is 406 g/mol. The molecule has 0 bridgehead atoms. The molecule has 4 rings (SSSR count). The molecule has 1 saturated heterocycles. The third kappa shape index (κ3) is 4.42. The van der Waals surface area contributed by atoms with Crippen LogP contribution in [0.5, 0.6) is 0 Å². The minimum Gasteiger partial charge on any atom is -0.361 e. The first-order chi connectivity index (χ1) is 14.7. The van der Waals surface area contributed by atoms with E-state index in [2.05, 4.69) is 89.8 Å². The fraction of sp³-hybridized carbons (Fsp3) is 0.400. The van der Waals surface area contributed by atoms with E-state index in [1.54, 1.807) is 4.90 Å². The zero-order valence-corrected chi connectivity index (χ0v) is 18.1. The van der Waals surface area contributed by atoms with E-state index >= 15 is 0 Å². The second-order valence-electron chi connectivity index (χ2n) is 8.44. The van der Waals surface area contributed by atoms with Crippen molar-refractivity contribution in [1.29, 1.82) is 0 Å². The van der Waals surface area contributed by atoms with Crippen LogP contribution in [0.25, 0.3) is 10.9 Å². The Balaban J connectivity index is 1.48. The molecule has 1 aliphatic heterocycles. The van der Waals surface area contributed by atoms with Gasteiger partial charge in [-0.1, -0.05) is 48.5 Å². The zero-order chi connectivity index (χ0) is 20.9. The van der Waals surface area contributed by atoms with Crippen molar-refractivity contribution in [1.82, 2.24) is 9.88 Å². The van der Waals surface area contributed by atoms with Gasteiger partial charge in [0.15, 0.2) is 6.04 Å². The summed E-state index contributed by atoms with van der Waals surface area (Å²) >= 11 is 0. The summed E-state index contributed by atoms with van der Waals surface area (Å²) < 4.78 is 0. The number of para-hydroxylation sites is 1. The van der Waals surface area contributed by atoms with Crippen molar-refractivity contribution in [3.8, 4) is 0 Å². The highest BCUT2D eigenvalue weighted by atomic mass is 16.2. The van der Waals surface area contributed by atoms with E-state index < -0.39 is 0 Å². The number of carbonyl (C=O) groups is 1. The van der Waals surface area contributed by atoms with E-state index in [0.717, 1.165) is 44.8 Å². The van der Waals surface area contributed by atoms with Crippen molar-refractivity contribution in [2.75, 3.05) is 39.3 Å². The number of aromatic nitrogens is 1. The Bertz CT molecular complexity index is 959. The Morgan fingerprint density at radius 2 is 1.80 bits per heavy atom. The second-order valence-corrected chi connectivity index (χ2v) is 8.44. The van der Waals surface area contributed by atoms with Crippen LogP contribution in [-0.4, -0.2) is 61.1 Å². The topological polar surface area (TPSA) is 57.1 Å². The van der Waals surface area contributed by atoms with Crippen molar-refractivity contribution in [2.24, 2.45) is 0 Å². The minimum absolute atomic E-state index is 0.0652. The molecule has 30 heavy (non-hydrogen) atoms. The third-order valence-electron chi connectivity index (χ3n) is 6.60. The average molecular weight is 407 g/mol. The van der Waals surface area contributed by atoms with E-state index in [9.17, 15) is 4.79 Å².